The Hall–Kier alpha value is -3.38. The van der Waals surface area contributed by atoms with Crippen LogP contribution in [-0.2, 0) is 22.6 Å². The summed E-state index contributed by atoms with van der Waals surface area (Å²) in [6, 6.07) is 17.3. The lowest BCUT2D eigenvalue weighted by molar-refractivity contribution is -0.145. The van der Waals surface area contributed by atoms with Crippen LogP contribution in [-0.4, -0.2) is 20.5 Å². The molecule has 2 heterocycles. The van der Waals surface area contributed by atoms with Gasteiger partial charge in [0.2, 0.25) is 0 Å². The molecule has 0 spiro atoms. The molecule has 4 aromatic rings. The molecule has 152 valence electrons. The fraction of sp³-hybridized carbons (Fsp3) is 0.174. The monoisotopic (exact) mass is 421 g/mol. The molecule has 6 nitrogen and oxygen atoms in total. The van der Waals surface area contributed by atoms with Gasteiger partial charge < -0.3 is 9.15 Å². The minimum absolute atomic E-state index is 0.185. The molecule has 0 saturated heterocycles. The molecule has 4 rings (SSSR count). The van der Waals surface area contributed by atoms with Crippen molar-refractivity contribution < 1.29 is 13.9 Å². The Kier molecular flexibility index (Phi) is 5.95. The maximum absolute atomic E-state index is 12.3. The van der Waals surface area contributed by atoms with Crippen LogP contribution in [0.2, 0.25) is 5.02 Å². The summed E-state index contributed by atoms with van der Waals surface area (Å²) in [5.74, 6) is 1.07. The summed E-state index contributed by atoms with van der Waals surface area (Å²) in [5, 5.41) is 0.638. The number of benzene rings is 2. The van der Waals surface area contributed by atoms with E-state index < -0.39 is 0 Å². The van der Waals surface area contributed by atoms with Gasteiger partial charge in [0.25, 0.3) is 0 Å². The number of oxazole rings is 1. The molecule has 0 unspecified atom stereocenters. The zero-order chi connectivity index (χ0) is 20.9. The van der Waals surface area contributed by atoms with Crippen molar-refractivity contribution in [3.8, 4) is 17.3 Å². The number of aromatic nitrogens is 3. The molecule has 0 radical (unpaired) electrons. The maximum Gasteiger partial charge on any atom is 0.307 e. The summed E-state index contributed by atoms with van der Waals surface area (Å²) in [4.78, 5) is 21.1. The zero-order valence-electron chi connectivity index (χ0n) is 16.4. The lowest BCUT2D eigenvalue weighted by Gasteiger charge is -2.05. The van der Waals surface area contributed by atoms with Gasteiger partial charge in [-0.3, -0.25) is 9.36 Å². The van der Waals surface area contributed by atoms with E-state index in [1.165, 1.54) is 0 Å². The van der Waals surface area contributed by atoms with E-state index in [-0.39, 0.29) is 19.0 Å². The van der Waals surface area contributed by atoms with E-state index in [9.17, 15) is 4.79 Å². The zero-order valence-corrected chi connectivity index (χ0v) is 17.2. The molecular weight excluding hydrogens is 402 g/mol. The highest BCUT2D eigenvalue weighted by Gasteiger charge is 2.18. The Morgan fingerprint density at radius 3 is 2.60 bits per heavy atom. The molecule has 0 aliphatic carbocycles. The van der Waals surface area contributed by atoms with Gasteiger partial charge in [0.05, 0.1) is 6.42 Å². The first-order chi connectivity index (χ1) is 14.6. The van der Waals surface area contributed by atoms with Gasteiger partial charge in [0.15, 0.2) is 0 Å². The van der Waals surface area contributed by atoms with E-state index in [1.807, 2.05) is 49.4 Å². The van der Waals surface area contributed by atoms with Crippen LogP contribution >= 0.6 is 11.6 Å². The summed E-state index contributed by atoms with van der Waals surface area (Å²) in [6.45, 7) is 2.12. The van der Waals surface area contributed by atoms with Crippen molar-refractivity contribution in [3.63, 3.8) is 0 Å². The number of aryl methyl sites for hydroxylation is 2. The predicted molar refractivity (Wildman–Crippen MR) is 113 cm³/mol. The highest BCUT2D eigenvalue weighted by Crippen LogP contribution is 2.28. The van der Waals surface area contributed by atoms with Gasteiger partial charge in [-0.2, -0.15) is 4.98 Å². The molecule has 0 atom stereocenters. The quantitative estimate of drug-likeness (QED) is 0.385. The second kappa shape index (κ2) is 8.97. The van der Waals surface area contributed by atoms with Crippen LogP contribution in [0.4, 0.5) is 0 Å². The number of imidazole rings is 1. The van der Waals surface area contributed by atoms with Crippen molar-refractivity contribution in [2.75, 3.05) is 0 Å². The second-order valence-electron chi connectivity index (χ2n) is 6.77. The summed E-state index contributed by atoms with van der Waals surface area (Å²) in [5.41, 5.74) is 2.48. The molecule has 30 heavy (non-hydrogen) atoms. The van der Waals surface area contributed by atoms with E-state index in [2.05, 4.69) is 9.97 Å². The van der Waals surface area contributed by atoms with E-state index in [4.69, 9.17) is 20.8 Å². The highest BCUT2D eigenvalue weighted by molar-refractivity contribution is 6.30. The normalized spacial score (nSPS) is 10.9. The molecule has 7 heteroatoms. The second-order valence-corrected chi connectivity index (χ2v) is 7.20. The number of hydrogen-bond donors (Lipinski definition) is 0. The molecule has 0 aliphatic rings. The molecule has 0 bridgehead atoms. The number of carbonyl (C=O) groups excluding carboxylic acids is 1. The van der Waals surface area contributed by atoms with Gasteiger partial charge in [-0.05, 0) is 24.6 Å². The van der Waals surface area contributed by atoms with Crippen LogP contribution in [0.1, 0.15) is 23.6 Å². The molecule has 0 aliphatic heterocycles. The Morgan fingerprint density at radius 2 is 1.90 bits per heavy atom. The lowest BCUT2D eigenvalue weighted by Crippen LogP contribution is -2.06. The molecule has 0 N–H and O–H groups in total. The van der Waals surface area contributed by atoms with Crippen LogP contribution in [0.3, 0.4) is 0 Å². The largest absolute Gasteiger partial charge is 0.461 e. The standard InChI is InChI=1S/C23H20ClN3O3/c1-16-25-13-14-27(16)23-26-22(18-7-9-19(24)10-8-18)20(30-23)11-12-21(28)29-15-17-5-3-2-4-6-17/h2-10,13-14H,11-12,15H2,1H3. The van der Waals surface area contributed by atoms with Crippen LogP contribution < -0.4 is 0 Å². The molecular formula is C23H20ClN3O3. The molecule has 2 aromatic heterocycles. The third kappa shape index (κ3) is 4.60. The Labute approximate surface area is 179 Å². The maximum atomic E-state index is 12.3. The van der Waals surface area contributed by atoms with Crippen molar-refractivity contribution in [1.82, 2.24) is 14.5 Å². The van der Waals surface area contributed by atoms with Crippen LogP contribution in [0.15, 0.2) is 71.4 Å². The molecule has 0 amide bonds. The van der Waals surface area contributed by atoms with Crippen molar-refractivity contribution in [3.05, 3.63) is 89.2 Å². The van der Waals surface area contributed by atoms with Gasteiger partial charge in [0.1, 0.15) is 23.9 Å². The Morgan fingerprint density at radius 1 is 1.13 bits per heavy atom. The average molecular weight is 422 g/mol. The van der Waals surface area contributed by atoms with E-state index in [1.54, 1.807) is 29.1 Å². The van der Waals surface area contributed by atoms with Gasteiger partial charge in [-0.25, -0.2) is 4.98 Å². The van der Waals surface area contributed by atoms with Gasteiger partial charge in [-0.1, -0.05) is 54.1 Å². The Balaban J connectivity index is 1.52. The minimum atomic E-state index is -0.294. The molecule has 0 saturated carbocycles. The minimum Gasteiger partial charge on any atom is -0.461 e. The lowest BCUT2D eigenvalue weighted by atomic mass is 10.1. The molecule has 0 fully saturated rings. The number of hydrogen-bond acceptors (Lipinski definition) is 5. The number of nitrogens with zero attached hydrogens (tertiary/aromatic N) is 3. The summed E-state index contributed by atoms with van der Waals surface area (Å²) in [6.07, 6.45) is 4.02. The number of rotatable bonds is 7. The van der Waals surface area contributed by atoms with E-state index >= 15 is 0 Å². The van der Waals surface area contributed by atoms with Crippen molar-refractivity contribution in [1.29, 1.82) is 0 Å². The van der Waals surface area contributed by atoms with Crippen LogP contribution in [0.5, 0.6) is 0 Å². The SMILES string of the molecule is Cc1nccn1-c1nc(-c2ccc(Cl)cc2)c(CCC(=O)OCc2ccccc2)o1. The van der Waals surface area contributed by atoms with Crippen LogP contribution in [0, 0.1) is 6.92 Å². The highest BCUT2D eigenvalue weighted by atomic mass is 35.5. The number of carbonyl (C=O) groups is 1. The first-order valence-electron chi connectivity index (χ1n) is 9.55. The van der Waals surface area contributed by atoms with Crippen LogP contribution in [0.25, 0.3) is 17.3 Å². The number of ether oxygens (including phenoxy) is 1. The smallest absolute Gasteiger partial charge is 0.307 e. The predicted octanol–water partition coefficient (Wildman–Crippen LogP) is 5.17. The van der Waals surface area contributed by atoms with Crippen molar-refractivity contribution in [2.45, 2.75) is 26.4 Å². The number of halogens is 1. The van der Waals surface area contributed by atoms with Gasteiger partial charge in [-0.15, -0.1) is 0 Å². The summed E-state index contributed by atoms with van der Waals surface area (Å²) < 4.78 is 13.1. The fourth-order valence-electron chi connectivity index (χ4n) is 3.05. The average Bonchev–Trinajstić information content (AvgIpc) is 3.38. The summed E-state index contributed by atoms with van der Waals surface area (Å²) >= 11 is 6.02. The van der Waals surface area contributed by atoms with E-state index in [0.29, 0.717) is 28.9 Å². The first kappa shape index (κ1) is 19.9. The van der Waals surface area contributed by atoms with Gasteiger partial charge >= 0.3 is 12.0 Å². The third-order valence-corrected chi connectivity index (χ3v) is 4.89. The fourth-order valence-corrected chi connectivity index (χ4v) is 3.18. The van der Waals surface area contributed by atoms with E-state index in [0.717, 1.165) is 17.0 Å². The van der Waals surface area contributed by atoms with Crippen molar-refractivity contribution >= 4 is 17.6 Å². The number of esters is 1. The van der Waals surface area contributed by atoms with Crippen molar-refractivity contribution in [2.24, 2.45) is 0 Å². The third-order valence-electron chi connectivity index (χ3n) is 4.63. The first-order valence-corrected chi connectivity index (χ1v) is 9.93. The molecule has 2 aromatic carbocycles. The Bertz CT molecular complexity index is 1130. The topological polar surface area (TPSA) is 70.2 Å². The van der Waals surface area contributed by atoms with Gasteiger partial charge in [0, 0.05) is 29.4 Å². The summed E-state index contributed by atoms with van der Waals surface area (Å²) in [7, 11) is 0.